The molecule has 0 radical (unpaired) electrons. The van der Waals surface area contributed by atoms with E-state index in [1.165, 1.54) is 28.0 Å². The Morgan fingerprint density at radius 1 is 1.21 bits per heavy atom. The summed E-state index contributed by atoms with van der Waals surface area (Å²) >= 11 is 1.85. The smallest absolute Gasteiger partial charge is 0.0900 e. The van der Waals surface area contributed by atoms with Gasteiger partial charge in [0.2, 0.25) is 0 Å². The Bertz CT molecular complexity index is 684. The minimum absolute atomic E-state index is 0.148. The zero-order chi connectivity index (χ0) is 16.4. The van der Waals surface area contributed by atoms with E-state index in [0.29, 0.717) is 13.2 Å². The van der Waals surface area contributed by atoms with E-state index in [0.717, 1.165) is 32.4 Å². The number of thiophene rings is 1. The molecular weight excluding hydrogens is 318 g/mol. The normalized spacial score (nSPS) is 22.0. The van der Waals surface area contributed by atoms with Crippen LogP contribution < -0.4 is 0 Å². The second-order valence-electron chi connectivity index (χ2n) is 6.92. The van der Waals surface area contributed by atoms with Gasteiger partial charge < -0.3 is 9.84 Å². The second kappa shape index (κ2) is 7.36. The number of aryl methyl sites for hydroxylation is 1. The van der Waals surface area contributed by atoms with Crippen LogP contribution >= 0.6 is 11.3 Å². The minimum atomic E-state index is -0.417. The number of nitrogens with zero attached hydrogens (tertiary/aromatic N) is 1. The number of hydrogen-bond donors (Lipinski definition) is 1. The fourth-order valence-electron chi connectivity index (χ4n) is 3.92. The Morgan fingerprint density at radius 3 is 3.08 bits per heavy atom. The summed E-state index contributed by atoms with van der Waals surface area (Å²) in [6, 6.07) is 10.8. The number of rotatable bonds is 5. The molecule has 1 N–H and O–H groups in total. The van der Waals surface area contributed by atoms with Gasteiger partial charge in [0.1, 0.15) is 0 Å². The Balaban J connectivity index is 1.29. The molecule has 3 nitrogen and oxygen atoms in total. The van der Waals surface area contributed by atoms with Crippen molar-refractivity contribution >= 4 is 11.3 Å². The number of fused-ring (bicyclic) bond motifs is 2. The lowest BCUT2D eigenvalue weighted by molar-refractivity contribution is -0.0293. The molecule has 4 heteroatoms. The summed E-state index contributed by atoms with van der Waals surface area (Å²) in [6.45, 7) is 3.12. The first kappa shape index (κ1) is 16.3. The molecule has 1 aliphatic heterocycles. The van der Waals surface area contributed by atoms with Crippen molar-refractivity contribution in [3.8, 4) is 0 Å². The number of ether oxygens (including phenoxy) is 1. The highest BCUT2D eigenvalue weighted by Crippen LogP contribution is 2.32. The second-order valence-corrected chi connectivity index (χ2v) is 7.92. The molecular formula is C20H25NO2S. The van der Waals surface area contributed by atoms with Crippen LogP contribution in [0.4, 0.5) is 0 Å². The summed E-state index contributed by atoms with van der Waals surface area (Å²) in [5.41, 5.74) is 4.15. The van der Waals surface area contributed by atoms with Crippen molar-refractivity contribution in [3.63, 3.8) is 0 Å². The molecule has 4 rings (SSSR count). The molecule has 0 saturated heterocycles. The number of hydrogen-bond acceptors (Lipinski definition) is 4. The lowest BCUT2D eigenvalue weighted by Gasteiger charge is -2.30. The third-order valence-corrected chi connectivity index (χ3v) is 6.18. The molecule has 1 aromatic carbocycles. The fraction of sp³-hybridized carbons (Fsp3) is 0.500. The molecule has 2 atom stereocenters. The number of aliphatic hydroxyl groups excluding tert-OH is 1. The maximum atomic E-state index is 10.4. The highest BCUT2D eigenvalue weighted by molar-refractivity contribution is 7.10. The SMILES string of the molecule is O[C@@H](CO[C@H]1CCCc2ccccc21)CN1CCc2sccc2C1. The van der Waals surface area contributed by atoms with Crippen LogP contribution in [-0.4, -0.2) is 35.8 Å². The van der Waals surface area contributed by atoms with Gasteiger partial charge >= 0.3 is 0 Å². The highest BCUT2D eigenvalue weighted by Gasteiger charge is 2.23. The van der Waals surface area contributed by atoms with E-state index in [-0.39, 0.29) is 6.10 Å². The molecule has 0 bridgehead atoms. The van der Waals surface area contributed by atoms with E-state index in [2.05, 4.69) is 40.6 Å². The van der Waals surface area contributed by atoms with Crippen LogP contribution in [0.2, 0.25) is 0 Å². The average Bonchev–Trinajstić information content (AvgIpc) is 3.07. The van der Waals surface area contributed by atoms with Gasteiger partial charge in [-0.3, -0.25) is 4.90 Å². The van der Waals surface area contributed by atoms with Gasteiger partial charge in [-0.2, -0.15) is 0 Å². The van der Waals surface area contributed by atoms with Crippen molar-refractivity contribution < 1.29 is 9.84 Å². The van der Waals surface area contributed by atoms with Gasteiger partial charge in [0.25, 0.3) is 0 Å². The first-order valence-corrected chi connectivity index (χ1v) is 9.82. The summed E-state index contributed by atoms with van der Waals surface area (Å²) in [6.07, 6.45) is 4.22. The summed E-state index contributed by atoms with van der Waals surface area (Å²) in [5.74, 6) is 0. The topological polar surface area (TPSA) is 32.7 Å². The first-order chi connectivity index (χ1) is 11.8. The third-order valence-electron chi connectivity index (χ3n) is 5.16. The van der Waals surface area contributed by atoms with Crippen molar-refractivity contribution in [2.24, 2.45) is 0 Å². The number of benzene rings is 1. The van der Waals surface area contributed by atoms with Gasteiger partial charge in [-0.15, -0.1) is 11.3 Å². The van der Waals surface area contributed by atoms with Crippen LogP contribution in [0.1, 0.15) is 40.5 Å². The molecule has 2 heterocycles. The van der Waals surface area contributed by atoms with Crippen LogP contribution in [0.3, 0.4) is 0 Å². The molecule has 0 fully saturated rings. The minimum Gasteiger partial charge on any atom is -0.389 e. The quantitative estimate of drug-likeness (QED) is 0.901. The Labute approximate surface area is 147 Å². The lowest BCUT2D eigenvalue weighted by Crippen LogP contribution is -2.38. The summed E-state index contributed by atoms with van der Waals surface area (Å²) in [4.78, 5) is 3.86. The molecule has 0 amide bonds. The van der Waals surface area contributed by atoms with Crippen molar-refractivity contribution in [2.75, 3.05) is 19.7 Å². The van der Waals surface area contributed by atoms with Crippen molar-refractivity contribution in [3.05, 3.63) is 57.3 Å². The van der Waals surface area contributed by atoms with Crippen molar-refractivity contribution in [1.29, 1.82) is 0 Å². The van der Waals surface area contributed by atoms with E-state index in [1.807, 2.05) is 11.3 Å². The summed E-state index contributed by atoms with van der Waals surface area (Å²) in [5, 5.41) is 12.6. The zero-order valence-electron chi connectivity index (χ0n) is 14.0. The van der Waals surface area contributed by atoms with Crippen LogP contribution in [0.25, 0.3) is 0 Å². The van der Waals surface area contributed by atoms with Gasteiger partial charge in [0, 0.05) is 24.5 Å². The maximum Gasteiger partial charge on any atom is 0.0900 e. The van der Waals surface area contributed by atoms with Gasteiger partial charge in [-0.25, -0.2) is 0 Å². The first-order valence-electron chi connectivity index (χ1n) is 8.94. The Hall–Kier alpha value is -1.20. The van der Waals surface area contributed by atoms with Gasteiger partial charge in [0.05, 0.1) is 18.8 Å². The predicted molar refractivity (Wildman–Crippen MR) is 97.4 cm³/mol. The molecule has 0 spiro atoms. The van der Waals surface area contributed by atoms with Crippen molar-refractivity contribution in [1.82, 2.24) is 4.90 Å². The van der Waals surface area contributed by atoms with E-state index in [4.69, 9.17) is 4.74 Å². The molecule has 128 valence electrons. The van der Waals surface area contributed by atoms with E-state index in [1.54, 1.807) is 0 Å². The molecule has 0 saturated carbocycles. The highest BCUT2D eigenvalue weighted by atomic mass is 32.1. The van der Waals surface area contributed by atoms with Crippen LogP contribution in [0.15, 0.2) is 35.7 Å². The Morgan fingerprint density at radius 2 is 2.12 bits per heavy atom. The van der Waals surface area contributed by atoms with Crippen LogP contribution in [0, 0.1) is 0 Å². The molecule has 1 aliphatic carbocycles. The van der Waals surface area contributed by atoms with Gasteiger partial charge in [-0.1, -0.05) is 24.3 Å². The molecule has 2 aliphatic rings. The van der Waals surface area contributed by atoms with Gasteiger partial charge in [-0.05, 0) is 53.8 Å². The van der Waals surface area contributed by atoms with E-state index in [9.17, 15) is 5.11 Å². The monoisotopic (exact) mass is 343 g/mol. The fourth-order valence-corrected chi connectivity index (χ4v) is 4.81. The predicted octanol–water partition coefficient (Wildman–Crippen LogP) is 3.56. The van der Waals surface area contributed by atoms with E-state index < -0.39 is 6.10 Å². The molecule has 0 unspecified atom stereocenters. The van der Waals surface area contributed by atoms with Gasteiger partial charge in [0.15, 0.2) is 0 Å². The van der Waals surface area contributed by atoms with Crippen LogP contribution in [-0.2, 0) is 24.1 Å². The number of β-amino-alcohol motifs (C(OH)–C–C–N with tert-alkyl or cyclic N) is 1. The third kappa shape index (κ3) is 3.57. The maximum absolute atomic E-state index is 10.4. The molecule has 1 aromatic heterocycles. The van der Waals surface area contributed by atoms with E-state index >= 15 is 0 Å². The zero-order valence-corrected chi connectivity index (χ0v) is 14.8. The summed E-state index contributed by atoms with van der Waals surface area (Å²) in [7, 11) is 0. The average molecular weight is 343 g/mol. The number of aliphatic hydroxyl groups is 1. The lowest BCUT2D eigenvalue weighted by atomic mass is 9.89. The summed E-state index contributed by atoms with van der Waals surface area (Å²) < 4.78 is 6.09. The molecule has 24 heavy (non-hydrogen) atoms. The van der Waals surface area contributed by atoms with Crippen molar-refractivity contribution in [2.45, 2.75) is 44.4 Å². The standard InChI is InChI=1S/C20H25NO2S/c22-17(13-21-10-8-20-16(12-21)9-11-24-20)14-23-19-7-3-5-15-4-1-2-6-18(15)19/h1-2,4,6,9,11,17,19,22H,3,5,7-8,10,12-14H2/t17-,19+/m1/s1. The largest absolute Gasteiger partial charge is 0.389 e. The van der Waals surface area contributed by atoms with Crippen LogP contribution in [0.5, 0.6) is 0 Å². The Kier molecular flexibility index (Phi) is 4.99. The molecule has 2 aromatic rings.